The molecule has 2 atom stereocenters. The average Bonchev–Trinajstić information content (AvgIpc) is 2.13. The van der Waals surface area contributed by atoms with E-state index in [1.807, 2.05) is 6.92 Å². The van der Waals surface area contributed by atoms with E-state index in [1.165, 1.54) is 0 Å². The quantitative estimate of drug-likeness (QED) is 0.511. The molecule has 1 aliphatic heterocycles. The van der Waals surface area contributed by atoms with Crippen LogP contribution in [0.5, 0.6) is 0 Å². The van der Waals surface area contributed by atoms with E-state index in [0.29, 0.717) is 11.5 Å². The van der Waals surface area contributed by atoms with Gasteiger partial charge in [-0.1, -0.05) is 0 Å². The zero-order valence-electron chi connectivity index (χ0n) is 5.39. The highest BCUT2D eigenvalue weighted by Gasteiger charge is 2.32. The van der Waals surface area contributed by atoms with Crippen molar-refractivity contribution < 1.29 is 9.42 Å². The molecular formula is C5H11NO2S. The van der Waals surface area contributed by atoms with Crippen molar-refractivity contribution in [3.8, 4) is 0 Å². The van der Waals surface area contributed by atoms with E-state index in [1.54, 1.807) is 0 Å². The molecule has 1 saturated heterocycles. The Balaban J connectivity index is 2.54. The van der Waals surface area contributed by atoms with Crippen molar-refractivity contribution in [1.29, 1.82) is 0 Å². The van der Waals surface area contributed by atoms with Crippen LogP contribution >= 0.6 is 0 Å². The molecule has 0 aromatic carbocycles. The van der Waals surface area contributed by atoms with E-state index in [4.69, 9.17) is 5.21 Å². The maximum Gasteiger partial charge on any atom is 0.0525 e. The first kappa shape index (κ1) is 7.18. The molecule has 1 fully saturated rings. The first-order chi connectivity index (χ1) is 4.16. The molecule has 0 radical (unpaired) electrons. The Kier molecular flexibility index (Phi) is 1.88. The van der Waals surface area contributed by atoms with E-state index in [0.717, 1.165) is 6.42 Å². The van der Waals surface area contributed by atoms with E-state index >= 15 is 0 Å². The fourth-order valence-corrected chi connectivity index (χ4v) is 2.67. The molecule has 1 unspecified atom stereocenters. The van der Waals surface area contributed by atoms with Gasteiger partial charge in [-0.3, -0.25) is 4.21 Å². The number of hydrogen-bond donors (Lipinski definition) is 2. The number of nitrogens with one attached hydrogen (secondary N) is 1. The molecule has 0 aromatic rings. The lowest BCUT2D eigenvalue weighted by molar-refractivity contribution is 0.0856. The van der Waals surface area contributed by atoms with Crippen molar-refractivity contribution in [3.05, 3.63) is 0 Å². The second-order valence-corrected chi connectivity index (χ2v) is 4.29. The highest BCUT2D eigenvalue weighted by Crippen LogP contribution is 2.18. The molecule has 1 aliphatic rings. The topological polar surface area (TPSA) is 49.3 Å². The summed E-state index contributed by atoms with van der Waals surface area (Å²) in [5.74, 6) is 1.29. The van der Waals surface area contributed by atoms with Crippen LogP contribution < -0.4 is 5.48 Å². The van der Waals surface area contributed by atoms with Gasteiger partial charge in [-0.2, -0.15) is 5.48 Å². The monoisotopic (exact) mass is 149 g/mol. The third kappa shape index (κ3) is 1.50. The summed E-state index contributed by atoms with van der Waals surface area (Å²) in [7, 11) is -0.715. The normalized spacial score (nSPS) is 43.6. The summed E-state index contributed by atoms with van der Waals surface area (Å²) in [5, 5.41) is 8.56. The Morgan fingerprint density at radius 2 is 2.44 bits per heavy atom. The minimum absolute atomic E-state index is 0.287. The van der Waals surface area contributed by atoms with Crippen molar-refractivity contribution >= 4 is 10.8 Å². The number of hydrogen-bond acceptors (Lipinski definition) is 3. The molecule has 0 bridgehead atoms. The van der Waals surface area contributed by atoms with Crippen LogP contribution in [0.3, 0.4) is 0 Å². The van der Waals surface area contributed by atoms with Gasteiger partial charge in [0.2, 0.25) is 0 Å². The molecule has 1 rings (SSSR count). The molecule has 9 heavy (non-hydrogen) atoms. The SMILES string of the molecule is C[C@]1(NO)CCS(=O)C1. The van der Waals surface area contributed by atoms with Gasteiger partial charge in [-0.15, -0.1) is 0 Å². The largest absolute Gasteiger partial charge is 0.316 e. The van der Waals surface area contributed by atoms with Crippen LogP contribution in [0.4, 0.5) is 0 Å². The second kappa shape index (κ2) is 2.36. The van der Waals surface area contributed by atoms with Gasteiger partial charge in [0.05, 0.1) is 5.54 Å². The van der Waals surface area contributed by atoms with Gasteiger partial charge in [0.25, 0.3) is 0 Å². The number of rotatable bonds is 1. The maximum absolute atomic E-state index is 10.8. The van der Waals surface area contributed by atoms with Crippen LogP contribution in [0.25, 0.3) is 0 Å². The summed E-state index contributed by atoms with van der Waals surface area (Å²) in [6, 6.07) is 0. The molecule has 54 valence electrons. The minimum Gasteiger partial charge on any atom is -0.316 e. The maximum atomic E-state index is 10.8. The van der Waals surface area contributed by atoms with Crippen LogP contribution in [0, 0.1) is 0 Å². The molecule has 1 heterocycles. The molecule has 0 spiro atoms. The third-order valence-electron chi connectivity index (χ3n) is 1.63. The minimum atomic E-state index is -0.715. The Morgan fingerprint density at radius 1 is 1.78 bits per heavy atom. The van der Waals surface area contributed by atoms with Crippen LogP contribution in [0.15, 0.2) is 0 Å². The van der Waals surface area contributed by atoms with E-state index in [-0.39, 0.29) is 5.54 Å². The van der Waals surface area contributed by atoms with Crippen molar-refractivity contribution in [2.24, 2.45) is 0 Å². The zero-order valence-corrected chi connectivity index (χ0v) is 6.20. The zero-order chi connectivity index (χ0) is 6.91. The highest BCUT2D eigenvalue weighted by atomic mass is 32.2. The summed E-state index contributed by atoms with van der Waals surface area (Å²) < 4.78 is 10.8. The van der Waals surface area contributed by atoms with Gasteiger partial charge in [-0.05, 0) is 13.3 Å². The Hall–Kier alpha value is 0.0700. The summed E-state index contributed by atoms with van der Waals surface area (Å²) in [5.41, 5.74) is 1.89. The van der Waals surface area contributed by atoms with Gasteiger partial charge in [0, 0.05) is 22.3 Å². The summed E-state index contributed by atoms with van der Waals surface area (Å²) in [6.07, 6.45) is 0.802. The Morgan fingerprint density at radius 3 is 2.67 bits per heavy atom. The van der Waals surface area contributed by atoms with Gasteiger partial charge in [0.15, 0.2) is 0 Å². The molecular weight excluding hydrogens is 138 g/mol. The summed E-state index contributed by atoms with van der Waals surface area (Å²) in [4.78, 5) is 0. The lowest BCUT2D eigenvalue weighted by Crippen LogP contribution is -2.40. The second-order valence-electron chi connectivity index (χ2n) is 2.71. The van der Waals surface area contributed by atoms with Crippen LogP contribution in [-0.2, 0) is 10.8 Å². The molecule has 0 aromatic heterocycles. The summed E-state index contributed by atoms with van der Waals surface area (Å²) >= 11 is 0. The van der Waals surface area contributed by atoms with E-state index in [9.17, 15) is 4.21 Å². The van der Waals surface area contributed by atoms with Crippen LogP contribution in [0.1, 0.15) is 13.3 Å². The van der Waals surface area contributed by atoms with Gasteiger partial charge < -0.3 is 5.21 Å². The van der Waals surface area contributed by atoms with Crippen molar-refractivity contribution in [3.63, 3.8) is 0 Å². The molecule has 4 heteroatoms. The Labute approximate surface area is 56.9 Å². The number of hydroxylamine groups is 1. The predicted octanol–water partition coefficient (Wildman–Crippen LogP) is -0.124. The fourth-order valence-electron chi connectivity index (χ4n) is 0.927. The average molecular weight is 149 g/mol. The third-order valence-corrected chi connectivity index (χ3v) is 3.25. The first-order valence-electron chi connectivity index (χ1n) is 2.92. The fraction of sp³-hybridized carbons (Fsp3) is 1.00. The molecule has 0 saturated carbocycles. The molecule has 0 amide bonds. The van der Waals surface area contributed by atoms with Crippen LogP contribution in [-0.4, -0.2) is 26.5 Å². The van der Waals surface area contributed by atoms with Crippen LogP contribution in [0.2, 0.25) is 0 Å². The standard InChI is InChI=1S/C5H11NO2S/c1-5(6-7)2-3-9(8)4-5/h6-7H,2-4H2,1H3/t5-,9?/m0/s1. The van der Waals surface area contributed by atoms with Gasteiger partial charge >= 0.3 is 0 Å². The van der Waals surface area contributed by atoms with E-state index in [2.05, 4.69) is 5.48 Å². The predicted molar refractivity (Wildman–Crippen MR) is 35.8 cm³/mol. The molecule has 2 N–H and O–H groups in total. The van der Waals surface area contributed by atoms with Crippen molar-refractivity contribution in [2.45, 2.75) is 18.9 Å². The highest BCUT2D eigenvalue weighted by molar-refractivity contribution is 7.85. The van der Waals surface area contributed by atoms with Crippen molar-refractivity contribution in [2.75, 3.05) is 11.5 Å². The molecule has 3 nitrogen and oxygen atoms in total. The van der Waals surface area contributed by atoms with Gasteiger partial charge in [-0.25, -0.2) is 0 Å². The lowest BCUT2D eigenvalue weighted by atomic mass is 10.0. The van der Waals surface area contributed by atoms with Gasteiger partial charge in [0.1, 0.15) is 0 Å². The Bertz CT molecular complexity index is 139. The summed E-state index contributed by atoms with van der Waals surface area (Å²) in [6.45, 7) is 1.87. The van der Waals surface area contributed by atoms with Crippen molar-refractivity contribution in [1.82, 2.24) is 5.48 Å². The first-order valence-corrected chi connectivity index (χ1v) is 4.41. The van der Waals surface area contributed by atoms with E-state index < -0.39 is 10.8 Å². The molecule has 0 aliphatic carbocycles. The lowest BCUT2D eigenvalue weighted by Gasteiger charge is -2.18. The smallest absolute Gasteiger partial charge is 0.0525 e.